The van der Waals surface area contributed by atoms with E-state index in [2.05, 4.69) is 31.9 Å². The molecule has 1 fully saturated rings. The van der Waals surface area contributed by atoms with Crippen LogP contribution in [0.4, 0.5) is 4.39 Å². The van der Waals surface area contributed by atoms with Crippen LogP contribution in [0.25, 0.3) is 22.0 Å². The number of aromatic nitrogens is 4. The van der Waals surface area contributed by atoms with E-state index in [-0.39, 0.29) is 11.9 Å². The molecular formula is C23H21FN4OS2. The van der Waals surface area contributed by atoms with Crippen molar-refractivity contribution in [3.63, 3.8) is 0 Å². The summed E-state index contributed by atoms with van der Waals surface area (Å²) in [5, 5.41) is 10.7. The molecule has 2 aromatic heterocycles. The van der Waals surface area contributed by atoms with E-state index in [9.17, 15) is 4.39 Å². The Hall–Kier alpha value is -2.55. The molecule has 158 valence electrons. The minimum absolute atomic E-state index is 0.155. The molecule has 0 N–H and O–H groups in total. The van der Waals surface area contributed by atoms with Gasteiger partial charge in [-0.3, -0.25) is 4.57 Å². The number of thioether (sulfide) groups is 1. The standard InChI is InChI=1S/C23H21FN4OS2/c24-18-10-8-16(9-11-18)21-26-27-23(28(21)14-19-7-4-12-29-19)30-15-20-13-25-22(31-20)17-5-2-1-3-6-17/h1-3,5-6,8-11,13,19H,4,7,12,14-15H2. The van der Waals surface area contributed by atoms with Crippen molar-refractivity contribution in [2.24, 2.45) is 0 Å². The highest BCUT2D eigenvalue weighted by molar-refractivity contribution is 7.98. The van der Waals surface area contributed by atoms with Gasteiger partial charge in [-0.2, -0.15) is 0 Å². The Morgan fingerprint density at radius 2 is 1.90 bits per heavy atom. The Bertz CT molecular complexity index is 1140. The molecule has 0 radical (unpaired) electrons. The van der Waals surface area contributed by atoms with E-state index in [1.54, 1.807) is 35.2 Å². The maximum atomic E-state index is 13.4. The van der Waals surface area contributed by atoms with Crippen molar-refractivity contribution in [1.82, 2.24) is 19.7 Å². The number of rotatable bonds is 7. The zero-order valence-electron chi connectivity index (χ0n) is 16.8. The number of hydrogen-bond acceptors (Lipinski definition) is 6. The number of halogens is 1. The third-order valence-corrected chi connectivity index (χ3v) is 7.39. The minimum atomic E-state index is -0.261. The summed E-state index contributed by atoms with van der Waals surface area (Å²) in [5.41, 5.74) is 1.98. The molecule has 0 bridgehead atoms. The van der Waals surface area contributed by atoms with Gasteiger partial charge in [0.25, 0.3) is 0 Å². The molecule has 3 heterocycles. The first-order valence-corrected chi connectivity index (χ1v) is 12.0. The fourth-order valence-electron chi connectivity index (χ4n) is 3.59. The first-order valence-electron chi connectivity index (χ1n) is 10.2. The normalized spacial score (nSPS) is 16.1. The smallest absolute Gasteiger partial charge is 0.191 e. The molecule has 0 saturated carbocycles. The van der Waals surface area contributed by atoms with Crippen LogP contribution in [0, 0.1) is 5.82 Å². The van der Waals surface area contributed by atoms with Crippen LogP contribution in [0.5, 0.6) is 0 Å². The summed E-state index contributed by atoms with van der Waals surface area (Å²) in [5.74, 6) is 1.24. The highest BCUT2D eigenvalue weighted by Gasteiger charge is 2.22. The predicted octanol–water partition coefficient (Wildman–Crippen LogP) is 5.68. The molecule has 0 spiro atoms. The lowest BCUT2D eigenvalue weighted by atomic mass is 10.2. The van der Waals surface area contributed by atoms with Crippen LogP contribution in [0.1, 0.15) is 17.7 Å². The van der Waals surface area contributed by atoms with Gasteiger partial charge in [0, 0.05) is 34.6 Å². The molecule has 2 aromatic carbocycles. The molecule has 0 amide bonds. The number of thiazole rings is 1. The maximum Gasteiger partial charge on any atom is 0.191 e. The van der Waals surface area contributed by atoms with Crippen molar-refractivity contribution in [2.75, 3.05) is 6.61 Å². The lowest BCUT2D eigenvalue weighted by Crippen LogP contribution is -2.16. The van der Waals surface area contributed by atoms with Gasteiger partial charge in [-0.1, -0.05) is 42.1 Å². The Morgan fingerprint density at radius 1 is 1.06 bits per heavy atom. The second-order valence-corrected chi connectivity index (χ2v) is 9.40. The summed E-state index contributed by atoms with van der Waals surface area (Å²) < 4.78 is 21.4. The molecule has 31 heavy (non-hydrogen) atoms. The van der Waals surface area contributed by atoms with Crippen LogP contribution in [-0.4, -0.2) is 32.5 Å². The van der Waals surface area contributed by atoms with E-state index in [1.165, 1.54) is 17.0 Å². The molecule has 1 unspecified atom stereocenters. The van der Waals surface area contributed by atoms with E-state index < -0.39 is 0 Å². The monoisotopic (exact) mass is 452 g/mol. The average molecular weight is 453 g/mol. The van der Waals surface area contributed by atoms with Gasteiger partial charge in [-0.15, -0.1) is 21.5 Å². The van der Waals surface area contributed by atoms with E-state index in [1.807, 2.05) is 24.4 Å². The molecule has 5 nitrogen and oxygen atoms in total. The summed E-state index contributed by atoms with van der Waals surface area (Å²) in [7, 11) is 0. The summed E-state index contributed by atoms with van der Waals surface area (Å²) in [6, 6.07) is 16.6. The Labute approximate surface area is 188 Å². The van der Waals surface area contributed by atoms with Crippen LogP contribution in [0.15, 0.2) is 66.0 Å². The quantitative estimate of drug-likeness (QED) is 0.338. The van der Waals surface area contributed by atoms with E-state index in [4.69, 9.17) is 4.74 Å². The topological polar surface area (TPSA) is 52.8 Å². The van der Waals surface area contributed by atoms with Crippen molar-refractivity contribution in [3.05, 3.63) is 71.5 Å². The number of ether oxygens (including phenoxy) is 1. The Morgan fingerprint density at radius 3 is 2.68 bits per heavy atom. The lowest BCUT2D eigenvalue weighted by molar-refractivity contribution is 0.0953. The summed E-state index contributed by atoms with van der Waals surface area (Å²) in [6.07, 6.45) is 4.19. The Balaban J connectivity index is 1.37. The second kappa shape index (κ2) is 9.30. The first-order chi connectivity index (χ1) is 15.3. The first kappa shape index (κ1) is 20.4. The fraction of sp³-hybridized carbons (Fsp3) is 0.261. The lowest BCUT2D eigenvalue weighted by Gasteiger charge is -2.14. The SMILES string of the molecule is Fc1ccc(-c2nnc(SCc3cnc(-c4ccccc4)s3)n2CC2CCCO2)cc1. The van der Waals surface area contributed by atoms with Crippen molar-refractivity contribution in [2.45, 2.75) is 36.4 Å². The van der Waals surface area contributed by atoms with Gasteiger partial charge >= 0.3 is 0 Å². The van der Waals surface area contributed by atoms with Gasteiger partial charge in [0.2, 0.25) is 0 Å². The molecule has 1 saturated heterocycles. The predicted molar refractivity (Wildman–Crippen MR) is 122 cm³/mol. The maximum absolute atomic E-state index is 13.4. The van der Waals surface area contributed by atoms with E-state index in [0.717, 1.165) is 52.3 Å². The van der Waals surface area contributed by atoms with Gasteiger partial charge < -0.3 is 4.74 Å². The van der Waals surface area contributed by atoms with Crippen LogP contribution in [0.2, 0.25) is 0 Å². The second-order valence-electron chi connectivity index (χ2n) is 7.35. The molecule has 4 aromatic rings. The molecule has 1 aliphatic heterocycles. The molecule has 1 aliphatic rings. The number of hydrogen-bond donors (Lipinski definition) is 0. The summed E-state index contributed by atoms with van der Waals surface area (Å²) >= 11 is 3.33. The van der Waals surface area contributed by atoms with Crippen molar-refractivity contribution < 1.29 is 9.13 Å². The van der Waals surface area contributed by atoms with Crippen LogP contribution in [-0.2, 0) is 17.0 Å². The summed E-state index contributed by atoms with van der Waals surface area (Å²) in [6.45, 7) is 1.49. The average Bonchev–Trinajstić information content (AvgIpc) is 3.56. The van der Waals surface area contributed by atoms with Gasteiger partial charge in [-0.05, 0) is 37.1 Å². The fourth-order valence-corrected chi connectivity index (χ4v) is 5.48. The number of nitrogens with zero attached hydrogens (tertiary/aromatic N) is 4. The largest absolute Gasteiger partial charge is 0.376 e. The van der Waals surface area contributed by atoms with Gasteiger partial charge in [0.15, 0.2) is 11.0 Å². The third-order valence-electron chi connectivity index (χ3n) is 5.15. The molecular weight excluding hydrogens is 431 g/mol. The van der Waals surface area contributed by atoms with Crippen LogP contribution < -0.4 is 0 Å². The van der Waals surface area contributed by atoms with Gasteiger partial charge in [0.05, 0.1) is 12.6 Å². The molecule has 1 atom stereocenters. The molecule has 0 aliphatic carbocycles. The highest BCUT2D eigenvalue weighted by atomic mass is 32.2. The van der Waals surface area contributed by atoms with Gasteiger partial charge in [0.1, 0.15) is 10.8 Å². The van der Waals surface area contributed by atoms with Crippen LogP contribution >= 0.6 is 23.1 Å². The summed E-state index contributed by atoms with van der Waals surface area (Å²) in [4.78, 5) is 5.75. The zero-order chi connectivity index (χ0) is 21.0. The molecule has 8 heteroatoms. The Kier molecular flexibility index (Phi) is 6.11. The zero-order valence-corrected chi connectivity index (χ0v) is 18.4. The van der Waals surface area contributed by atoms with E-state index >= 15 is 0 Å². The van der Waals surface area contributed by atoms with Gasteiger partial charge in [-0.25, -0.2) is 9.37 Å². The van der Waals surface area contributed by atoms with E-state index in [0.29, 0.717) is 6.54 Å². The van der Waals surface area contributed by atoms with Crippen LogP contribution in [0.3, 0.4) is 0 Å². The highest BCUT2D eigenvalue weighted by Crippen LogP contribution is 2.32. The number of benzene rings is 2. The molecule has 5 rings (SSSR count). The minimum Gasteiger partial charge on any atom is -0.376 e. The van der Waals surface area contributed by atoms with Crippen molar-refractivity contribution in [3.8, 4) is 22.0 Å². The third kappa shape index (κ3) is 4.71. The van der Waals surface area contributed by atoms with Crippen molar-refractivity contribution in [1.29, 1.82) is 0 Å². The van der Waals surface area contributed by atoms with Crippen molar-refractivity contribution >= 4 is 23.1 Å².